The number of benzene rings is 3. The number of carbonyl (C=O) groups is 2. The van der Waals surface area contributed by atoms with Crippen molar-refractivity contribution >= 4 is 11.9 Å². The minimum Gasteiger partial charge on any atom is -0.454 e. The Kier molecular flexibility index (Phi) is 5.32. The second-order valence-corrected chi connectivity index (χ2v) is 10.0. The zero-order chi connectivity index (χ0) is 23.2. The van der Waals surface area contributed by atoms with Gasteiger partial charge in [0.15, 0.2) is 0 Å². The van der Waals surface area contributed by atoms with Crippen molar-refractivity contribution in [2.45, 2.75) is 56.7 Å². The van der Waals surface area contributed by atoms with E-state index in [0.717, 1.165) is 6.42 Å². The summed E-state index contributed by atoms with van der Waals surface area (Å²) >= 11 is 0. The van der Waals surface area contributed by atoms with Gasteiger partial charge in [0.25, 0.3) is 0 Å². The summed E-state index contributed by atoms with van der Waals surface area (Å²) in [4.78, 5) is 25.9. The van der Waals surface area contributed by atoms with Gasteiger partial charge in [-0.05, 0) is 52.8 Å². The molecule has 2 aliphatic carbocycles. The third-order valence-corrected chi connectivity index (χ3v) is 6.88. The van der Waals surface area contributed by atoms with Crippen LogP contribution >= 0.6 is 0 Å². The van der Waals surface area contributed by atoms with Crippen molar-refractivity contribution in [1.29, 1.82) is 0 Å². The van der Waals surface area contributed by atoms with Crippen molar-refractivity contribution in [2.24, 2.45) is 0 Å². The van der Waals surface area contributed by atoms with Crippen LogP contribution in [0.15, 0.2) is 78.9 Å². The van der Waals surface area contributed by atoms with Crippen LogP contribution in [0.5, 0.6) is 0 Å². The van der Waals surface area contributed by atoms with E-state index in [-0.39, 0.29) is 29.2 Å². The molecular weight excluding hydrogens is 412 g/mol. The van der Waals surface area contributed by atoms with Crippen LogP contribution in [0.2, 0.25) is 0 Å². The molecule has 4 heteroatoms. The van der Waals surface area contributed by atoms with Gasteiger partial charge >= 0.3 is 11.9 Å². The summed E-state index contributed by atoms with van der Waals surface area (Å²) in [6.07, 6.45) is -0.219. The van der Waals surface area contributed by atoms with Gasteiger partial charge < -0.3 is 9.47 Å². The van der Waals surface area contributed by atoms with Crippen LogP contribution in [-0.2, 0) is 14.9 Å². The lowest BCUT2D eigenvalue weighted by Gasteiger charge is -2.33. The Morgan fingerprint density at radius 3 is 1.67 bits per heavy atom. The highest BCUT2D eigenvalue weighted by molar-refractivity contribution is 5.90. The molecule has 0 heterocycles. The zero-order valence-corrected chi connectivity index (χ0v) is 19.2. The van der Waals surface area contributed by atoms with Gasteiger partial charge in [-0.15, -0.1) is 0 Å². The molecule has 4 atom stereocenters. The van der Waals surface area contributed by atoms with Gasteiger partial charge in [0.05, 0.1) is 11.1 Å². The molecule has 0 spiro atoms. The Bertz CT molecular complexity index is 1180. The molecule has 2 bridgehead atoms. The molecule has 5 rings (SSSR count). The molecule has 3 aromatic carbocycles. The topological polar surface area (TPSA) is 52.6 Å². The Balaban J connectivity index is 1.48. The normalized spacial score (nSPS) is 23.1. The fourth-order valence-corrected chi connectivity index (χ4v) is 5.14. The molecular formula is C29H28O4. The summed E-state index contributed by atoms with van der Waals surface area (Å²) in [7, 11) is 0. The molecule has 0 N–H and O–H groups in total. The molecule has 3 aromatic rings. The fourth-order valence-electron chi connectivity index (χ4n) is 5.14. The number of esters is 2. The lowest BCUT2D eigenvalue weighted by atomic mass is 9.81. The van der Waals surface area contributed by atoms with Crippen LogP contribution in [0.4, 0.5) is 0 Å². The first-order valence-corrected chi connectivity index (χ1v) is 11.5. The molecule has 4 unspecified atom stereocenters. The van der Waals surface area contributed by atoms with Gasteiger partial charge in [0.1, 0.15) is 12.2 Å². The average Bonchev–Trinajstić information content (AvgIpc) is 3.36. The smallest absolute Gasteiger partial charge is 0.338 e. The largest absolute Gasteiger partial charge is 0.454 e. The Morgan fingerprint density at radius 2 is 1.18 bits per heavy atom. The Hall–Kier alpha value is -3.40. The predicted molar refractivity (Wildman–Crippen MR) is 127 cm³/mol. The minimum absolute atomic E-state index is 0.00790. The average molecular weight is 441 g/mol. The minimum atomic E-state index is -0.516. The summed E-state index contributed by atoms with van der Waals surface area (Å²) in [5.41, 5.74) is 4.68. The zero-order valence-electron chi connectivity index (χ0n) is 19.2. The lowest BCUT2D eigenvalue weighted by Crippen LogP contribution is -2.39. The SMILES string of the molecule is CC(C)(C)c1ccc2c(c1)C1CC2C(OC(=O)c2ccccc2)C1OC(=O)c1ccccc1. The summed E-state index contributed by atoms with van der Waals surface area (Å²) in [5, 5.41) is 0. The van der Waals surface area contributed by atoms with E-state index in [1.165, 1.54) is 16.7 Å². The molecule has 2 aliphatic rings. The Labute approximate surface area is 194 Å². The quantitative estimate of drug-likeness (QED) is 0.466. The molecule has 0 aliphatic heterocycles. The maximum absolute atomic E-state index is 13.0. The number of ether oxygens (including phenoxy) is 2. The standard InChI is InChI=1S/C29H28O4/c1-29(2,3)20-14-15-21-22(16-20)24-17-23(21)25(32-27(30)18-10-6-4-7-11-18)26(24)33-28(31)19-12-8-5-9-13-19/h4-16,23-26H,17H2,1-3H3. The van der Waals surface area contributed by atoms with Crippen molar-refractivity contribution < 1.29 is 19.1 Å². The van der Waals surface area contributed by atoms with Crippen molar-refractivity contribution in [3.05, 3.63) is 107 Å². The third-order valence-electron chi connectivity index (χ3n) is 6.88. The number of hydrogen-bond donors (Lipinski definition) is 0. The molecule has 0 saturated heterocycles. The van der Waals surface area contributed by atoms with Crippen molar-refractivity contribution in [3.8, 4) is 0 Å². The van der Waals surface area contributed by atoms with Gasteiger partial charge in [-0.2, -0.15) is 0 Å². The maximum Gasteiger partial charge on any atom is 0.338 e. The van der Waals surface area contributed by atoms with E-state index in [0.29, 0.717) is 11.1 Å². The van der Waals surface area contributed by atoms with Gasteiger partial charge in [0.2, 0.25) is 0 Å². The molecule has 1 fully saturated rings. The Morgan fingerprint density at radius 1 is 0.697 bits per heavy atom. The van der Waals surface area contributed by atoms with E-state index >= 15 is 0 Å². The molecule has 0 radical (unpaired) electrons. The summed E-state index contributed by atoms with van der Waals surface area (Å²) in [6.45, 7) is 6.58. The van der Waals surface area contributed by atoms with Gasteiger partial charge in [0, 0.05) is 11.8 Å². The van der Waals surface area contributed by atoms with E-state index in [4.69, 9.17) is 9.47 Å². The summed E-state index contributed by atoms with van der Waals surface area (Å²) in [6, 6.07) is 24.5. The third kappa shape index (κ3) is 3.95. The summed E-state index contributed by atoms with van der Waals surface area (Å²) in [5.74, 6) is -0.752. The van der Waals surface area contributed by atoms with E-state index < -0.39 is 12.2 Å². The fraction of sp³-hybridized carbons (Fsp3) is 0.310. The van der Waals surface area contributed by atoms with Crippen LogP contribution in [-0.4, -0.2) is 24.1 Å². The number of fused-ring (bicyclic) bond motifs is 5. The predicted octanol–water partition coefficient (Wildman–Crippen LogP) is 6.02. The highest BCUT2D eigenvalue weighted by atomic mass is 16.6. The van der Waals surface area contributed by atoms with Crippen LogP contribution in [0.1, 0.15) is 76.4 Å². The van der Waals surface area contributed by atoms with Crippen LogP contribution in [0.3, 0.4) is 0 Å². The maximum atomic E-state index is 13.0. The molecule has 0 amide bonds. The van der Waals surface area contributed by atoms with Crippen molar-refractivity contribution in [3.63, 3.8) is 0 Å². The monoisotopic (exact) mass is 440 g/mol. The van der Waals surface area contributed by atoms with E-state index in [9.17, 15) is 9.59 Å². The van der Waals surface area contributed by atoms with E-state index in [1.807, 2.05) is 36.4 Å². The number of hydrogen-bond acceptors (Lipinski definition) is 4. The second-order valence-electron chi connectivity index (χ2n) is 10.0. The lowest BCUT2D eigenvalue weighted by molar-refractivity contribution is -0.0348. The second kappa shape index (κ2) is 8.18. The van der Waals surface area contributed by atoms with Crippen LogP contribution in [0, 0.1) is 0 Å². The molecule has 1 saturated carbocycles. The van der Waals surface area contributed by atoms with Gasteiger partial charge in [-0.3, -0.25) is 0 Å². The first-order valence-electron chi connectivity index (χ1n) is 11.5. The van der Waals surface area contributed by atoms with E-state index in [2.05, 4.69) is 39.0 Å². The van der Waals surface area contributed by atoms with E-state index in [1.54, 1.807) is 24.3 Å². The highest BCUT2D eigenvalue weighted by Gasteiger charge is 2.55. The molecule has 4 nitrogen and oxygen atoms in total. The van der Waals surface area contributed by atoms with Gasteiger partial charge in [-0.25, -0.2) is 9.59 Å². The number of carbonyl (C=O) groups excluding carboxylic acids is 2. The van der Waals surface area contributed by atoms with Crippen LogP contribution in [0.25, 0.3) is 0 Å². The molecule has 33 heavy (non-hydrogen) atoms. The van der Waals surface area contributed by atoms with Crippen LogP contribution < -0.4 is 0 Å². The summed E-state index contributed by atoms with van der Waals surface area (Å²) < 4.78 is 12.1. The van der Waals surface area contributed by atoms with Crippen molar-refractivity contribution in [2.75, 3.05) is 0 Å². The highest BCUT2D eigenvalue weighted by Crippen LogP contribution is 2.56. The number of rotatable bonds is 4. The molecule has 0 aromatic heterocycles. The first kappa shape index (κ1) is 21.4. The first-order chi connectivity index (χ1) is 15.8. The van der Waals surface area contributed by atoms with Gasteiger partial charge in [-0.1, -0.05) is 75.4 Å². The molecule has 168 valence electrons. The van der Waals surface area contributed by atoms with Crippen molar-refractivity contribution in [1.82, 2.24) is 0 Å².